The molecule has 76 valence electrons. The third kappa shape index (κ3) is 3.87. The van der Waals surface area contributed by atoms with Crippen molar-refractivity contribution in [1.29, 1.82) is 0 Å². The molecule has 0 spiro atoms. The Labute approximate surface area is 77.2 Å². The highest BCUT2D eigenvalue weighted by Crippen LogP contribution is 2.12. The molecular weight excluding hydrogens is 174 g/mol. The van der Waals surface area contributed by atoms with Crippen molar-refractivity contribution in [3.8, 4) is 0 Å². The summed E-state index contributed by atoms with van der Waals surface area (Å²) in [6.07, 6.45) is 0.685. The molecule has 0 saturated carbocycles. The molecule has 0 aromatic heterocycles. The predicted molar refractivity (Wildman–Crippen MR) is 46.9 cm³/mol. The molecule has 2 atom stereocenters. The van der Waals surface area contributed by atoms with Gasteiger partial charge in [-0.25, -0.2) is 0 Å². The first-order valence-corrected chi connectivity index (χ1v) is 4.24. The summed E-state index contributed by atoms with van der Waals surface area (Å²) in [5.74, 6) is -0.791. The summed E-state index contributed by atoms with van der Waals surface area (Å²) in [7, 11) is 1.28. The first kappa shape index (κ1) is 11.9. The van der Waals surface area contributed by atoms with Gasteiger partial charge in [0.25, 0.3) is 0 Å². The Morgan fingerprint density at radius 1 is 1.62 bits per heavy atom. The van der Waals surface area contributed by atoms with Crippen LogP contribution in [0.5, 0.6) is 0 Å². The third-order valence-electron chi connectivity index (χ3n) is 2.00. The Morgan fingerprint density at radius 3 is 2.46 bits per heavy atom. The zero-order valence-corrected chi connectivity index (χ0v) is 8.15. The summed E-state index contributed by atoms with van der Waals surface area (Å²) in [5, 5.41) is 10.4. The fourth-order valence-electron chi connectivity index (χ4n) is 1.11. The van der Waals surface area contributed by atoms with Gasteiger partial charge in [-0.1, -0.05) is 13.8 Å². The quantitative estimate of drug-likeness (QED) is 0.370. The molecular formula is C8H15NO4. The van der Waals surface area contributed by atoms with Crippen molar-refractivity contribution >= 4 is 5.97 Å². The molecule has 0 heterocycles. The summed E-state index contributed by atoms with van der Waals surface area (Å²) in [6.45, 7) is 3.37. The lowest BCUT2D eigenvalue weighted by atomic mass is 10.0. The van der Waals surface area contributed by atoms with Crippen molar-refractivity contribution in [1.82, 2.24) is 0 Å². The molecule has 2 unspecified atom stereocenters. The van der Waals surface area contributed by atoms with E-state index in [0.717, 1.165) is 0 Å². The van der Waals surface area contributed by atoms with Crippen molar-refractivity contribution in [2.75, 3.05) is 7.11 Å². The summed E-state index contributed by atoms with van der Waals surface area (Å²) >= 11 is 0. The lowest BCUT2D eigenvalue weighted by Crippen LogP contribution is -2.25. The Morgan fingerprint density at radius 2 is 2.15 bits per heavy atom. The molecule has 5 nitrogen and oxygen atoms in total. The number of hydrogen-bond donors (Lipinski definition) is 0. The molecule has 0 aromatic carbocycles. The van der Waals surface area contributed by atoms with Crippen molar-refractivity contribution in [2.24, 2.45) is 5.92 Å². The molecule has 0 fully saturated rings. The molecule has 0 radical (unpaired) electrons. The van der Waals surface area contributed by atoms with Gasteiger partial charge in [0.15, 0.2) is 0 Å². The lowest BCUT2D eigenvalue weighted by Gasteiger charge is -2.11. The summed E-state index contributed by atoms with van der Waals surface area (Å²) in [5.41, 5.74) is 0. The van der Waals surface area contributed by atoms with Crippen LogP contribution in [0.4, 0.5) is 0 Å². The maximum Gasteiger partial charge on any atom is 0.308 e. The smallest absolute Gasteiger partial charge is 0.308 e. The van der Waals surface area contributed by atoms with Crippen molar-refractivity contribution < 1.29 is 14.5 Å². The first-order chi connectivity index (χ1) is 6.02. The number of carbonyl (C=O) groups is 1. The van der Waals surface area contributed by atoms with Gasteiger partial charge in [0, 0.05) is 17.8 Å². The van der Waals surface area contributed by atoms with Gasteiger partial charge < -0.3 is 4.74 Å². The van der Waals surface area contributed by atoms with E-state index in [0.29, 0.717) is 6.42 Å². The average molecular weight is 189 g/mol. The molecule has 0 saturated heterocycles. The standard InChI is InChI=1S/C8H15NO4/c1-4-7(9(11)12)5-6(2)8(10)13-3/h6-7H,4-5H2,1-3H3. The molecule has 5 heteroatoms. The van der Waals surface area contributed by atoms with Crippen LogP contribution in [0, 0.1) is 16.0 Å². The minimum absolute atomic E-state index is 0.246. The van der Waals surface area contributed by atoms with Crippen LogP contribution in [-0.2, 0) is 9.53 Å². The van der Waals surface area contributed by atoms with E-state index < -0.39 is 12.0 Å². The number of esters is 1. The van der Waals surface area contributed by atoms with E-state index in [1.54, 1.807) is 13.8 Å². The van der Waals surface area contributed by atoms with Crippen LogP contribution >= 0.6 is 0 Å². The summed E-state index contributed by atoms with van der Waals surface area (Å²) < 4.78 is 4.48. The summed E-state index contributed by atoms with van der Waals surface area (Å²) in [6, 6.07) is -0.644. The zero-order valence-electron chi connectivity index (χ0n) is 8.15. The molecule has 0 bridgehead atoms. The fraction of sp³-hybridized carbons (Fsp3) is 0.875. The number of methoxy groups -OCH3 is 1. The van der Waals surface area contributed by atoms with E-state index in [2.05, 4.69) is 4.74 Å². The first-order valence-electron chi connectivity index (χ1n) is 4.24. The van der Waals surface area contributed by atoms with Gasteiger partial charge >= 0.3 is 5.97 Å². The number of hydrogen-bond acceptors (Lipinski definition) is 4. The fourth-order valence-corrected chi connectivity index (χ4v) is 1.11. The second-order valence-electron chi connectivity index (χ2n) is 3.01. The van der Waals surface area contributed by atoms with Crippen LogP contribution in [0.2, 0.25) is 0 Å². The number of carbonyl (C=O) groups excluding carboxylic acids is 1. The van der Waals surface area contributed by atoms with E-state index in [1.807, 2.05) is 0 Å². The second kappa shape index (κ2) is 5.50. The maximum absolute atomic E-state index is 10.9. The van der Waals surface area contributed by atoms with Gasteiger partial charge in [0.05, 0.1) is 13.0 Å². The van der Waals surface area contributed by atoms with Gasteiger partial charge in [-0.2, -0.15) is 0 Å². The van der Waals surface area contributed by atoms with Crippen LogP contribution in [-0.4, -0.2) is 24.0 Å². The highest BCUT2D eigenvalue weighted by atomic mass is 16.6. The number of rotatable bonds is 5. The van der Waals surface area contributed by atoms with E-state index in [1.165, 1.54) is 7.11 Å². The van der Waals surface area contributed by atoms with E-state index in [-0.39, 0.29) is 17.3 Å². The van der Waals surface area contributed by atoms with E-state index in [4.69, 9.17) is 0 Å². The Balaban J connectivity index is 4.08. The molecule has 13 heavy (non-hydrogen) atoms. The predicted octanol–water partition coefficient (Wildman–Crippen LogP) is 1.24. The summed E-state index contributed by atoms with van der Waals surface area (Å²) in [4.78, 5) is 21.0. The van der Waals surface area contributed by atoms with Crippen LogP contribution in [0.1, 0.15) is 26.7 Å². The van der Waals surface area contributed by atoms with Gasteiger partial charge in [-0.3, -0.25) is 14.9 Å². The molecule has 0 aliphatic heterocycles. The minimum Gasteiger partial charge on any atom is -0.469 e. The molecule has 0 rings (SSSR count). The van der Waals surface area contributed by atoms with Crippen LogP contribution < -0.4 is 0 Å². The lowest BCUT2D eigenvalue weighted by molar-refractivity contribution is -0.524. The van der Waals surface area contributed by atoms with Gasteiger partial charge in [0.2, 0.25) is 6.04 Å². The van der Waals surface area contributed by atoms with Crippen molar-refractivity contribution in [2.45, 2.75) is 32.7 Å². The highest BCUT2D eigenvalue weighted by Gasteiger charge is 2.25. The van der Waals surface area contributed by atoms with E-state index >= 15 is 0 Å². The van der Waals surface area contributed by atoms with Gasteiger partial charge in [-0.15, -0.1) is 0 Å². The second-order valence-corrected chi connectivity index (χ2v) is 3.01. The van der Waals surface area contributed by atoms with Crippen molar-refractivity contribution in [3.63, 3.8) is 0 Å². The Bertz CT molecular complexity index is 193. The van der Waals surface area contributed by atoms with Gasteiger partial charge in [0.1, 0.15) is 0 Å². The number of nitro groups is 1. The minimum atomic E-state index is -0.644. The molecule has 0 amide bonds. The number of nitrogens with zero attached hydrogens (tertiary/aromatic N) is 1. The zero-order chi connectivity index (χ0) is 10.4. The Kier molecular flexibility index (Phi) is 5.03. The molecule has 0 aliphatic rings. The van der Waals surface area contributed by atoms with Crippen LogP contribution in [0.3, 0.4) is 0 Å². The largest absolute Gasteiger partial charge is 0.469 e. The monoisotopic (exact) mass is 189 g/mol. The molecule has 0 N–H and O–H groups in total. The molecule has 0 aromatic rings. The van der Waals surface area contributed by atoms with Crippen LogP contribution in [0.15, 0.2) is 0 Å². The topological polar surface area (TPSA) is 69.4 Å². The van der Waals surface area contributed by atoms with Crippen LogP contribution in [0.25, 0.3) is 0 Å². The average Bonchev–Trinajstić information content (AvgIpc) is 2.11. The van der Waals surface area contributed by atoms with Crippen molar-refractivity contribution in [3.05, 3.63) is 10.1 Å². The Hall–Kier alpha value is -1.13. The van der Waals surface area contributed by atoms with Gasteiger partial charge in [-0.05, 0) is 0 Å². The third-order valence-corrected chi connectivity index (χ3v) is 2.00. The SMILES string of the molecule is CCC(CC(C)C(=O)OC)[N+](=O)[O-]. The maximum atomic E-state index is 10.9. The number of ether oxygens (including phenoxy) is 1. The van der Waals surface area contributed by atoms with E-state index in [9.17, 15) is 14.9 Å². The normalized spacial score (nSPS) is 14.7. The highest BCUT2D eigenvalue weighted by molar-refractivity contribution is 5.71. The molecule has 0 aliphatic carbocycles.